The molecule has 1 aliphatic rings. The molecule has 3 unspecified atom stereocenters. The number of nitrogens with zero attached hydrogens (tertiary/aromatic N) is 1. The van der Waals surface area contributed by atoms with Crippen LogP contribution in [0.4, 0.5) is 5.69 Å². The van der Waals surface area contributed by atoms with Gasteiger partial charge >= 0.3 is 0 Å². The van der Waals surface area contributed by atoms with Crippen molar-refractivity contribution in [3.05, 3.63) is 28.8 Å². The summed E-state index contributed by atoms with van der Waals surface area (Å²) in [7, 11) is 0. The van der Waals surface area contributed by atoms with Crippen molar-refractivity contribution in [3.8, 4) is 0 Å². The third-order valence-electron chi connectivity index (χ3n) is 3.81. The number of rotatable bonds is 3. The standard InChI is InChI=1S/C16H25ClN2/c1-11-6-12(2)10-19(9-11)15-5-4-14(7-13(3)18)16(17)8-15/h4-5,8,11-13H,6-7,9-10,18H2,1-3H3. The van der Waals surface area contributed by atoms with E-state index in [0.717, 1.165) is 41.9 Å². The van der Waals surface area contributed by atoms with Gasteiger partial charge in [-0.3, -0.25) is 0 Å². The Balaban J connectivity index is 2.15. The highest BCUT2D eigenvalue weighted by atomic mass is 35.5. The third kappa shape index (κ3) is 3.87. The van der Waals surface area contributed by atoms with Crippen LogP contribution in [0.25, 0.3) is 0 Å². The van der Waals surface area contributed by atoms with Gasteiger partial charge < -0.3 is 10.6 Å². The van der Waals surface area contributed by atoms with Crippen molar-refractivity contribution in [2.75, 3.05) is 18.0 Å². The molecule has 1 heterocycles. The summed E-state index contributed by atoms with van der Waals surface area (Å²) in [6.07, 6.45) is 2.17. The Hall–Kier alpha value is -0.730. The zero-order chi connectivity index (χ0) is 14.0. The fourth-order valence-corrected chi connectivity index (χ4v) is 3.37. The van der Waals surface area contributed by atoms with Crippen LogP contribution in [0.15, 0.2) is 18.2 Å². The second-order valence-electron chi connectivity index (χ2n) is 6.31. The molecule has 3 atom stereocenters. The second kappa shape index (κ2) is 6.15. The predicted octanol–water partition coefficient (Wildman–Crippen LogP) is 3.71. The molecule has 0 bridgehead atoms. The lowest BCUT2D eigenvalue weighted by Crippen LogP contribution is -2.38. The Morgan fingerprint density at radius 3 is 2.47 bits per heavy atom. The lowest BCUT2D eigenvalue weighted by molar-refractivity contribution is 0.357. The van der Waals surface area contributed by atoms with Crippen molar-refractivity contribution in [1.82, 2.24) is 0 Å². The van der Waals surface area contributed by atoms with Gasteiger partial charge in [-0.15, -0.1) is 0 Å². The van der Waals surface area contributed by atoms with E-state index in [1.165, 1.54) is 12.1 Å². The Labute approximate surface area is 121 Å². The summed E-state index contributed by atoms with van der Waals surface area (Å²) in [6, 6.07) is 6.57. The van der Waals surface area contributed by atoms with Crippen LogP contribution >= 0.6 is 11.6 Å². The zero-order valence-electron chi connectivity index (χ0n) is 12.2. The molecular weight excluding hydrogens is 256 g/mol. The number of halogens is 1. The van der Waals surface area contributed by atoms with Gasteiger partial charge in [0.05, 0.1) is 0 Å². The van der Waals surface area contributed by atoms with Crippen molar-refractivity contribution < 1.29 is 0 Å². The van der Waals surface area contributed by atoms with Gasteiger partial charge in [-0.25, -0.2) is 0 Å². The lowest BCUT2D eigenvalue weighted by atomic mass is 9.91. The summed E-state index contributed by atoms with van der Waals surface area (Å²) in [5, 5.41) is 0.848. The third-order valence-corrected chi connectivity index (χ3v) is 4.16. The number of benzene rings is 1. The lowest BCUT2D eigenvalue weighted by Gasteiger charge is -2.36. The van der Waals surface area contributed by atoms with E-state index in [4.69, 9.17) is 17.3 Å². The molecule has 1 aromatic rings. The quantitative estimate of drug-likeness (QED) is 0.914. The maximum atomic E-state index is 6.38. The van der Waals surface area contributed by atoms with E-state index in [-0.39, 0.29) is 6.04 Å². The van der Waals surface area contributed by atoms with Crippen molar-refractivity contribution in [2.24, 2.45) is 17.6 Å². The van der Waals surface area contributed by atoms with Crippen molar-refractivity contribution in [1.29, 1.82) is 0 Å². The Morgan fingerprint density at radius 1 is 1.32 bits per heavy atom. The first-order valence-electron chi connectivity index (χ1n) is 7.24. The molecule has 0 amide bonds. The molecule has 2 rings (SSSR count). The van der Waals surface area contributed by atoms with E-state index in [1.807, 2.05) is 6.92 Å². The summed E-state index contributed by atoms with van der Waals surface area (Å²) in [5.74, 6) is 1.51. The Morgan fingerprint density at radius 2 is 1.95 bits per heavy atom. The van der Waals surface area contributed by atoms with Crippen LogP contribution in [0.2, 0.25) is 5.02 Å². The minimum atomic E-state index is 0.151. The molecule has 2 N–H and O–H groups in total. The monoisotopic (exact) mass is 280 g/mol. The van der Waals surface area contributed by atoms with Crippen molar-refractivity contribution in [3.63, 3.8) is 0 Å². The molecule has 0 spiro atoms. The maximum Gasteiger partial charge on any atom is 0.0459 e. The molecule has 0 aliphatic carbocycles. The fraction of sp³-hybridized carbons (Fsp3) is 0.625. The molecule has 2 nitrogen and oxygen atoms in total. The van der Waals surface area contributed by atoms with Gasteiger partial charge in [-0.2, -0.15) is 0 Å². The van der Waals surface area contributed by atoms with Gasteiger partial charge in [-0.1, -0.05) is 31.5 Å². The van der Waals surface area contributed by atoms with E-state index in [0.29, 0.717) is 0 Å². The average molecular weight is 281 g/mol. The molecule has 106 valence electrons. The van der Waals surface area contributed by atoms with E-state index in [2.05, 4.69) is 36.9 Å². The van der Waals surface area contributed by atoms with E-state index >= 15 is 0 Å². The molecule has 19 heavy (non-hydrogen) atoms. The van der Waals surface area contributed by atoms with E-state index in [9.17, 15) is 0 Å². The van der Waals surface area contributed by atoms with Crippen LogP contribution in [0.5, 0.6) is 0 Å². The van der Waals surface area contributed by atoms with Gasteiger partial charge in [0.15, 0.2) is 0 Å². The van der Waals surface area contributed by atoms with Crippen molar-refractivity contribution >= 4 is 17.3 Å². The normalized spacial score (nSPS) is 25.4. The van der Waals surface area contributed by atoms with Gasteiger partial charge in [0.25, 0.3) is 0 Å². The number of hydrogen-bond acceptors (Lipinski definition) is 2. The largest absolute Gasteiger partial charge is 0.371 e. The van der Waals surface area contributed by atoms with Crippen LogP contribution in [0.1, 0.15) is 32.8 Å². The molecule has 1 aliphatic heterocycles. The van der Waals surface area contributed by atoms with Crippen LogP contribution in [0, 0.1) is 11.8 Å². The Kier molecular flexibility index (Phi) is 4.75. The summed E-state index contributed by atoms with van der Waals surface area (Å²) in [4.78, 5) is 2.46. The predicted molar refractivity (Wildman–Crippen MR) is 84.0 cm³/mol. The maximum absolute atomic E-state index is 6.38. The Bertz CT molecular complexity index is 421. The van der Waals surface area contributed by atoms with Gasteiger partial charge in [-0.05, 0) is 49.3 Å². The molecule has 0 radical (unpaired) electrons. The molecule has 0 aromatic heterocycles. The van der Waals surface area contributed by atoms with Crippen LogP contribution < -0.4 is 10.6 Å². The second-order valence-corrected chi connectivity index (χ2v) is 6.72. The molecular formula is C16H25ClN2. The summed E-state index contributed by atoms with van der Waals surface area (Å²) >= 11 is 6.38. The van der Waals surface area contributed by atoms with Crippen LogP contribution in [-0.4, -0.2) is 19.1 Å². The molecule has 0 saturated carbocycles. The van der Waals surface area contributed by atoms with Gasteiger partial charge in [0.1, 0.15) is 0 Å². The van der Waals surface area contributed by atoms with Gasteiger partial charge in [0, 0.05) is 29.8 Å². The molecule has 3 heteroatoms. The van der Waals surface area contributed by atoms with Crippen LogP contribution in [-0.2, 0) is 6.42 Å². The number of hydrogen-bond donors (Lipinski definition) is 1. The summed E-state index contributed by atoms with van der Waals surface area (Å²) < 4.78 is 0. The smallest absolute Gasteiger partial charge is 0.0459 e. The topological polar surface area (TPSA) is 29.3 Å². The first-order chi connectivity index (χ1) is 8.95. The molecule has 1 saturated heterocycles. The van der Waals surface area contributed by atoms with E-state index < -0.39 is 0 Å². The minimum absolute atomic E-state index is 0.151. The highest BCUT2D eigenvalue weighted by molar-refractivity contribution is 6.31. The van der Waals surface area contributed by atoms with Crippen molar-refractivity contribution in [2.45, 2.75) is 39.7 Å². The first kappa shape index (κ1) is 14.7. The SMILES string of the molecule is CC(N)Cc1ccc(N2CC(C)CC(C)C2)cc1Cl. The summed E-state index contributed by atoms with van der Waals surface area (Å²) in [5.41, 5.74) is 8.24. The number of nitrogens with two attached hydrogens (primary N) is 1. The summed E-state index contributed by atoms with van der Waals surface area (Å²) in [6.45, 7) is 8.93. The average Bonchev–Trinajstić information content (AvgIpc) is 2.30. The fourth-order valence-electron chi connectivity index (χ4n) is 3.12. The van der Waals surface area contributed by atoms with E-state index in [1.54, 1.807) is 0 Å². The highest BCUT2D eigenvalue weighted by Crippen LogP contribution is 2.29. The van der Waals surface area contributed by atoms with Crippen LogP contribution in [0.3, 0.4) is 0 Å². The molecule has 1 fully saturated rings. The van der Waals surface area contributed by atoms with Gasteiger partial charge in [0.2, 0.25) is 0 Å². The molecule has 1 aromatic carbocycles. The first-order valence-corrected chi connectivity index (χ1v) is 7.62. The zero-order valence-corrected chi connectivity index (χ0v) is 13.0. The number of anilines is 1. The highest BCUT2D eigenvalue weighted by Gasteiger charge is 2.22. The minimum Gasteiger partial charge on any atom is -0.371 e. The number of piperidine rings is 1.